The first kappa shape index (κ1) is 11.6. The molecule has 15 heavy (non-hydrogen) atoms. The average Bonchev–Trinajstić information content (AvgIpc) is 2.95. The van der Waals surface area contributed by atoms with Crippen LogP contribution in [-0.4, -0.2) is 5.11 Å². The Bertz CT molecular complexity index is 372. The van der Waals surface area contributed by atoms with E-state index in [1.54, 1.807) is 0 Å². The van der Waals surface area contributed by atoms with Crippen LogP contribution in [0.15, 0.2) is 21.1 Å². The summed E-state index contributed by atoms with van der Waals surface area (Å²) in [5.74, 6) is 0.743. The topological polar surface area (TPSA) is 20.2 Å². The molecule has 1 aromatic carbocycles. The van der Waals surface area contributed by atoms with E-state index in [-0.39, 0.29) is 6.10 Å². The van der Waals surface area contributed by atoms with Crippen LogP contribution in [0.1, 0.15) is 36.5 Å². The van der Waals surface area contributed by atoms with E-state index < -0.39 is 0 Å². The SMILES string of the molecule is Cc1cc(Br)c(C(O)CC2CC2)cc1Br. The summed E-state index contributed by atoms with van der Waals surface area (Å²) in [4.78, 5) is 0. The lowest BCUT2D eigenvalue weighted by Gasteiger charge is -2.14. The third-order valence-electron chi connectivity index (χ3n) is 2.89. The van der Waals surface area contributed by atoms with Crippen molar-refractivity contribution in [1.82, 2.24) is 0 Å². The van der Waals surface area contributed by atoms with Crippen LogP contribution in [0.4, 0.5) is 0 Å². The minimum Gasteiger partial charge on any atom is -0.388 e. The molecule has 0 heterocycles. The van der Waals surface area contributed by atoms with E-state index in [1.165, 1.54) is 18.4 Å². The molecule has 0 amide bonds. The number of halogens is 2. The number of benzene rings is 1. The summed E-state index contributed by atoms with van der Waals surface area (Å²) in [5.41, 5.74) is 2.18. The van der Waals surface area contributed by atoms with Gasteiger partial charge in [-0.05, 0) is 42.5 Å². The maximum atomic E-state index is 10.1. The molecule has 3 heteroatoms. The second-order valence-corrected chi connectivity index (χ2v) is 6.03. The van der Waals surface area contributed by atoms with Gasteiger partial charge >= 0.3 is 0 Å². The smallest absolute Gasteiger partial charge is 0.0804 e. The molecule has 0 aliphatic heterocycles. The maximum Gasteiger partial charge on any atom is 0.0804 e. The molecule has 1 nitrogen and oxygen atoms in total. The van der Waals surface area contributed by atoms with Crippen LogP contribution < -0.4 is 0 Å². The van der Waals surface area contributed by atoms with Gasteiger partial charge in [-0.15, -0.1) is 0 Å². The second kappa shape index (κ2) is 4.56. The van der Waals surface area contributed by atoms with Gasteiger partial charge in [0.05, 0.1) is 6.10 Å². The van der Waals surface area contributed by atoms with E-state index in [4.69, 9.17) is 0 Å². The standard InChI is InChI=1S/C12H14Br2O/c1-7-4-11(14)9(6-10(7)13)12(15)5-8-2-3-8/h4,6,8,12,15H,2-3,5H2,1H3. The third kappa shape index (κ3) is 2.83. The zero-order chi connectivity index (χ0) is 11.0. The van der Waals surface area contributed by atoms with E-state index in [9.17, 15) is 5.11 Å². The summed E-state index contributed by atoms with van der Waals surface area (Å²) in [6, 6.07) is 4.07. The summed E-state index contributed by atoms with van der Waals surface area (Å²) >= 11 is 7.01. The molecule has 1 fully saturated rings. The highest BCUT2D eigenvalue weighted by atomic mass is 79.9. The lowest BCUT2D eigenvalue weighted by molar-refractivity contribution is 0.159. The van der Waals surface area contributed by atoms with Crippen molar-refractivity contribution in [3.63, 3.8) is 0 Å². The summed E-state index contributed by atoms with van der Waals surface area (Å²) in [6.45, 7) is 2.05. The van der Waals surface area contributed by atoms with Gasteiger partial charge in [-0.1, -0.05) is 44.7 Å². The fraction of sp³-hybridized carbons (Fsp3) is 0.500. The summed E-state index contributed by atoms with van der Waals surface area (Å²) in [5, 5.41) is 10.1. The molecule has 1 aromatic rings. The molecule has 1 N–H and O–H groups in total. The van der Waals surface area contributed by atoms with Crippen molar-refractivity contribution in [3.8, 4) is 0 Å². The number of hydrogen-bond donors (Lipinski definition) is 1. The van der Waals surface area contributed by atoms with Crippen molar-refractivity contribution >= 4 is 31.9 Å². The summed E-state index contributed by atoms with van der Waals surface area (Å²) < 4.78 is 2.08. The van der Waals surface area contributed by atoms with Gasteiger partial charge in [-0.3, -0.25) is 0 Å². The Morgan fingerprint density at radius 2 is 2.00 bits per heavy atom. The van der Waals surface area contributed by atoms with E-state index >= 15 is 0 Å². The van der Waals surface area contributed by atoms with Crippen LogP contribution in [0.5, 0.6) is 0 Å². The Hall–Kier alpha value is 0.140. The summed E-state index contributed by atoms with van der Waals surface area (Å²) in [7, 11) is 0. The van der Waals surface area contributed by atoms with Gasteiger partial charge in [-0.2, -0.15) is 0 Å². The van der Waals surface area contributed by atoms with E-state index in [0.29, 0.717) is 0 Å². The van der Waals surface area contributed by atoms with Crippen LogP contribution in [0.2, 0.25) is 0 Å². The van der Waals surface area contributed by atoms with Gasteiger partial charge in [0.25, 0.3) is 0 Å². The van der Waals surface area contributed by atoms with Crippen molar-refractivity contribution in [2.45, 2.75) is 32.3 Å². The number of rotatable bonds is 3. The predicted octanol–water partition coefficient (Wildman–Crippen LogP) is 4.35. The molecule has 1 aliphatic carbocycles. The first-order chi connectivity index (χ1) is 7.08. The van der Waals surface area contributed by atoms with Crippen molar-refractivity contribution in [2.24, 2.45) is 5.92 Å². The number of aliphatic hydroxyl groups is 1. The van der Waals surface area contributed by atoms with E-state index in [0.717, 1.165) is 26.8 Å². The van der Waals surface area contributed by atoms with Gasteiger partial charge in [-0.25, -0.2) is 0 Å². The zero-order valence-corrected chi connectivity index (χ0v) is 11.8. The van der Waals surface area contributed by atoms with Crippen LogP contribution in [-0.2, 0) is 0 Å². The highest BCUT2D eigenvalue weighted by molar-refractivity contribution is 9.11. The molecule has 0 radical (unpaired) electrons. The maximum absolute atomic E-state index is 10.1. The van der Waals surface area contributed by atoms with Crippen molar-refractivity contribution in [1.29, 1.82) is 0 Å². The number of aryl methyl sites for hydroxylation is 1. The minimum absolute atomic E-state index is 0.330. The fourth-order valence-electron chi connectivity index (χ4n) is 1.71. The van der Waals surface area contributed by atoms with Crippen molar-refractivity contribution in [2.75, 3.05) is 0 Å². The molecule has 1 saturated carbocycles. The van der Waals surface area contributed by atoms with Gasteiger partial charge in [0, 0.05) is 8.95 Å². The molecule has 0 aromatic heterocycles. The van der Waals surface area contributed by atoms with Crippen LogP contribution >= 0.6 is 31.9 Å². The molecular weight excluding hydrogens is 320 g/mol. The largest absolute Gasteiger partial charge is 0.388 e. The molecule has 82 valence electrons. The quantitative estimate of drug-likeness (QED) is 0.871. The first-order valence-corrected chi connectivity index (χ1v) is 6.80. The van der Waals surface area contributed by atoms with Gasteiger partial charge in [0.1, 0.15) is 0 Å². The lowest BCUT2D eigenvalue weighted by atomic mass is 10.0. The minimum atomic E-state index is -0.330. The predicted molar refractivity (Wildman–Crippen MR) is 68.9 cm³/mol. The average molecular weight is 334 g/mol. The molecular formula is C12H14Br2O. The Kier molecular flexibility index (Phi) is 3.53. The molecule has 1 atom stereocenters. The Morgan fingerprint density at radius 3 is 2.60 bits per heavy atom. The highest BCUT2D eigenvalue weighted by Gasteiger charge is 2.26. The molecule has 0 saturated heterocycles. The third-order valence-corrected chi connectivity index (χ3v) is 4.43. The molecule has 0 bridgehead atoms. The monoisotopic (exact) mass is 332 g/mol. The van der Waals surface area contributed by atoms with E-state index in [1.807, 2.05) is 13.0 Å². The van der Waals surface area contributed by atoms with Crippen LogP contribution in [0.3, 0.4) is 0 Å². The highest BCUT2D eigenvalue weighted by Crippen LogP contribution is 2.40. The van der Waals surface area contributed by atoms with Gasteiger partial charge in [0.15, 0.2) is 0 Å². The van der Waals surface area contributed by atoms with Crippen LogP contribution in [0.25, 0.3) is 0 Å². The molecule has 2 rings (SSSR count). The van der Waals surface area contributed by atoms with Crippen LogP contribution in [0, 0.1) is 12.8 Å². The Morgan fingerprint density at radius 1 is 1.33 bits per heavy atom. The zero-order valence-electron chi connectivity index (χ0n) is 8.63. The second-order valence-electron chi connectivity index (χ2n) is 4.32. The normalized spacial score (nSPS) is 17.9. The first-order valence-electron chi connectivity index (χ1n) is 5.21. The number of aliphatic hydroxyl groups excluding tert-OH is 1. The molecule has 0 spiro atoms. The molecule has 1 unspecified atom stereocenters. The Labute approximate surface area is 107 Å². The van der Waals surface area contributed by atoms with Gasteiger partial charge in [0.2, 0.25) is 0 Å². The van der Waals surface area contributed by atoms with Crippen molar-refractivity contribution in [3.05, 3.63) is 32.2 Å². The van der Waals surface area contributed by atoms with E-state index in [2.05, 4.69) is 37.9 Å². The Balaban J connectivity index is 2.21. The fourth-order valence-corrected chi connectivity index (χ4v) is 2.80. The van der Waals surface area contributed by atoms with Gasteiger partial charge < -0.3 is 5.11 Å². The van der Waals surface area contributed by atoms with Crippen molar-refractivity contribution < 1.29 is 5.11 Å². The summed E-state index contributed by atoms with van der Waals surface area (Å²) in [6.07, 6.45) is 3.13. The lowest BCUT2D eigenvalue weighted by Crippen LogP contribution is -2.00. The number of hydrogen-bond acceptors (Lipinski definition) is 1. The molecule has 1 aliphatic rings.